The van der Waals surface area contributed by atoms with Crippen LogP contribution in [0.1, 0.15) is 25.0 Å². The third-order valence-electron chi connectivity index (χ3n) is 3.01. The first-order chi connectivity index (χ1) is 9.69. The molecule has 0 bridgehead atoms. The first-order valence-corrected chi connectivity index (χ1v) is 7.12. The summed E-state index contributed by atoms with van der Waals surface area (Å²) in [5.41, 5.74) is 1.42. The molecule has 0 aliphatic carbocycles. The maximum Gasteiger partial charge on any atom is 0.317 e. The molecule has 2 amide bonds. The van der Waals surface area contributed by atoms with Crippen molar-refractivity contribution in [1.29, 1.82) is 0 Å². The van der Waals surface area contributed by atoms with Gasteiger partial charge in [0.1, 0.15) is 0 Å². The van der Waals surface area contributed by atoms with Crippen LogP contribution in [-0.4, -0.2) is 54.2 Å². The predicted octanol–water partition coefficient (Wildman–Crippen LogP) is 1.66. The lowest BCUT2D eigenvalue weighted by Crippen LogP contribution is -2.44. The van der Waals surface area contributed by atoms with Gasteiger partial charge in [0, 0.05) is 20.1 Å². The van der Waals surface area contributed by atoms with Gasteiger partial charge in [0.2, 0.25) is 0 Å². The second-order valence-corrected chi connectivity index (χ2v) is 6.33. The van der Waals surface area contributed by atoms with Gasteiger partial charge in [-0.3, -0.25) is 0 Å². The highest BCUT2D eigenvalue weighted by Gasteiger charge is 2.19. The monoisotopic (exact) mass is 293 g/mol. The average Bonchev–Trinajstić information content (AvgIpc) is 2.34. The van der Waals surface area contributed by atoms with Crippen molar-refractivity contribution in [3.63, 3.8) is 0 Å². The summed E-state index contributed by atoms with van der Waals surface area (Å²) in [6.45, 7) is 4.98. The molecular weight excluding hydrogens is 266 g/mol. The second-order valence-electron chi connectivity index (χ2n) is 6.33. The van der Waals surface area contributed by atoms with Gasteiger partial charge in [-0.2, -0.15) is 0 Å². The summed E-state index contributed by atoms with van der Waals surface area (Å²) in [5.74, 6) is 0. The molecule has 0 aromatic heterocycles. The van der Waals surface area contributed by atoms with Crippen LogP contribution in [0.5, 0.6) is 0 Å². The molecule has 0 saturated heterocycles. The molecule has 0 atom stereocenters. The number of urea groups is 1. The molecule has 2 N–H and O–H groups in total. The van der Waals surface area contributed by atoms with E-state index in [2.05, 4.69) is 16.3 Å². The molecule has 0 spiro atoms. The van der Waals surface area contributed by atoms with Gasteiger partial charge in [0.25, 0.3) is 0 Å². The van der Waals surface area contributed by atoms with Gasteiger partial charge in [0.05, 0.1) is 12.1 Å². The van der Waals surface area contributed by atoms with Crippen LogP contribution in [0.25, 0.3) is 0 Å². The van der Waals surface area contributed by atoms with Gasteiger partial charge in [0.15, 0.2) is 0 Å². The van der Waals surface area contributed by atoms with Gasteiger partial charge in [-0.05, 0) is 39.1 Å². The van der Waals surface area contributed by atoms with E-state index in [0.29, 0.717) is 6.54 Å². The fraction of sp³-hybridized carbons (Fsp3) is 0.562. The van der Waals surface area contributed by atoms with Gasteiger partial charge >= 0.3 is 6.03 Å². The van der Waals surface area contributed by atoms with Crippen LogP contribution in [-0.2, 0) is 13.1 Å². The van der Waals surface area contributed by atoms with Crippen LogP contribution < -0.4 is 5.32 Å². The van der Waals surface area contributed by atoms with Crippen molar-refractivity contribution in [3.8, 4) is 0 Å². The minimum absolute atomic E-state index is 0.184. The van der Waals surface area contributed by atoms with Gasteiger partial charge in [-0.25, -0.2) is 4.79 Å². The largest absolute Gasteiger partial charge is 0.389 e. The number of likely N-dealkylation sites (N-methyl/N-ethyl adjacent to an activating group) is 1. The van der Waals surface area contributed by atoms with Crippen LogP contribution in [0.2, 0.25) is 0 Å². The van der Waals surface area contributed by atoms with Crippen molar-refractivity contribution in [2.75, 3.05) is 27.7 Å². The molecule has 0 fully saturated rings. The van der Waals surface area contributed by atoms with E-state index in [4.69, 9.17) is 0 Å². The van der Waals surface area contributed by atoms with Crippen LogP contribution in [0.4, 0.5) is 4.79 Å². The molecule has 21 heavy (non-hydrogen) atoms. The fourth-order valence-electron chi connectivity index (χ4n) is 2.18. The molecule has 1 aromatic carbocycles. The first-order valence-electron chi connectivity index (χ1n) is 7.12. The van der Waals surface area contributed by atoms with E-state index in [1.54, 1.807) is 20.9 Å². The molecular formula is C16H27N3O2. The maximum absolute atomic E-state index is 12.0. The number of nitrogens with zero attached hydrogens (tertiary/aromatic N) is 2. The molecule has 1 aromatic rings. The lowest BCUT2D eigenvalue weighted by atomic mass is 10.1. The summed E-state index contributed by atoms with van der Waals surface area (Å²) in [6, 6.07) is 7.89. The lowest BCUT2D eigenvalue weighted by molar-refractivity contribution is 0.0531. The molecule has 1 rings (SSSR count). The topological polar surface area (TPSA) is 55.8 Å². The minimum Gasteiger partial charge on any atom is -0.389 e. The Morgan fingerprint density at radius 1 is 1.19 bits per heavy atom. The Balaban J connectivity index is 2.61. The van der Waals surface area contributed by atoms with Crippen molar-refractivity contribution >= 4 is 6.03 Å². The zero-order valence-corrected chi connectivity index (χ0v) is 13.7. The van der Waals surface area contributed by atoms with E-state index < -0.39 is 5.60 Å². The summed E-state index contributed by atoms with van der Waals surface area (Å²) in [7, 11) is 5.72. The molecule has 0 heterocycles. The quantitative estimate of drug-likeness (QED) is 0.839. The third-order valence-corrected chi connectivity index (χ3v) is 3.01. The summed E-state index contributed by atoms with van der Waals surface area (Å²) < 4.78 is 0. The number of carbonyl (C=O) groups excluding carboxylic acids is 1. The van der Waals surface area contributed by atoms with E-state index in [9.17, 15) is 9.90 Å². The Morgan fingerprint density at radius 3 is 2.29 bits per heavy atom. The fourth-order valence-corrected chi connectivity index (χ4v) is 2.18. The molecule has 0 aliphatic rings. The van der Waals surface area contributed by atoms with Crippen molar-refractivity contribution in [2.24, 2.45) is 0 Å². The minimum atomic E-state index is -0.894. The molecule has 0 radical (unpaired) electrons. The Morgan fingerprint density at radius 2 is 1.76 bits per heavy atom. The summed E-state index contributed by atoms with van der Waals surface area (Å²) >= 11 is 0. The van der Waals surface area contributed by atoms with Crippen LogP contribution >= 0.6 is 0 Å². The predicted molar refractivity (Wildman–Crippen MR) is 85.0 cm³/mol. The number of aliphatic hydroxyl groups is 1. The maximum atomic E-state index is 12.0. The van der Waals surface area contributed by atoms with E-state index >= 15 is 0 Å². The Bertz CT molecular complexity index is 467. The van der Waals surface area contributed by atoms with E-state index in [1.807, 2.05) is 32.3 Å². The summed E-state index contributed by atoms with van der Waals surface area (Å²) in [6.07, 6.45) is 0. The van der Waals surface area contributed by atoms with E-state index in [0.717, 1.165) is 12.1 Å². The third kappa shape index (κ3) is 6.60. The molecule has 0 unspecified atom stereocenters. The first kappa shape index (κ1) is 17.5. The number of rotatable bonds is 6. The van der Waals surface area contributed by atoms with Gasteiger partial charge in [-0.1, -0.05) is 24.3 Å². The van der Waals surface area contributed by atoms with E-state index in [1.165, 1.54) is 10.5 Å². The number of hydrogen-bond acceptors (Lipinski definition) is 3. The Kier molecular flexibility index (Phi) is 6.18. The zero-order valence-electron chi connectivity index (χ0n) is 13.7. The van der Waals surface area contributed by atoms with Gasteiger partial charge in [-0.15, -0.1) is 0 Å². The van der Waals surface area contributed by atoms with Crippen LogP contribution in [0.15, 0.2) is 24.3 Å². The number of hydrogen-bond donors (Lipinski definition) is 2. The Hall–Kier alpha value is -1.59. The summed E-state index contributed by atoms with van der Waals surface area (Å²) in [5, 5.41) is 12.6. The molecule has 118 valence electrons. The summed E-state index contributed by atoms with van der Waals surface area (Å²) in [4.78, 5) is 15.6. The lowest BCUT2D eigenvalue weighted by Gasteiger charge is -2.26. The highest BCUT2D eigenvalue weighted by atomic mass is 16.3. The van der Waals surface area contributed by atoms with Crippen LogP contribution in [0.3, 0.4) is 0 Å². The molecule has 5 heteroatoms. The highest BCUT2D eigenvalue weighted by Crippen LogP contribution is 2.10. The smallest absolute Gasteiger partial charge is 0.317 e. The molecule has 0 saturated carbocycles. The highest BCUT2D eigenvalue weighted by molar-refractivity contribution is 5.73. The van der Waals surface area contributed by atoms with E-state index in [-0.39, 0.29) is 12.6 Å². The number of carbonyl (C=O) groups is 1. The standard InChI is InChI=1S/C16H27N3O2/c1-16(2,21)12-19(5)15(20)17-10-13-8-6-7-9-14(13)11-18(3)4/h6-9,21H,10-12H2,1-5H3,(H,17,20). The molecule has 0 aliphatic heterocycles. The van der Waals surface area contributed by atoms with Crippen molar-refractivity contribution in [2.45, 2.75) is 32.5 Å². The SMILES string of the molecule is CN(C)Cc1ccccc1CNC(=O)N(C)CC(C)(C)O. The second kappa shape index (κ2) is 7.43. The Labute approximate surface area is 127 Å². The van der Waals surface area contributed by atoms with Gasteiger partial charge < -0.3 is 20.2 Å². The number of nitrogens with one attached hydrogen (secondary N) is 1. The van der Waals surface area contributed by atoms with Crippen molar-refractivity contribution in [1.82, 2.24) is 15.1 Å². The van der Waals surface area contributed by atoms with Crippen molar-refractivity contribution in [3.05, 3.63) is 35.4 Å². The van der Waals surface area contributed by atoms with Crippen LogP contribution in [0, 0.1) is 0 Å². The zero-order chi connectivity index (χ0) is 16.0. The van der Waals surface area contributed by atoms with Crippen molar-refractivity contribution < 1.29 is 9.90 Å². The normalized spacial score (nSPS) is 11.6. The molecule has 5 nitrogen and oxygen atoms in total. The number of amides is 2. The number of benzene rings is 1. The average molecular weight is 293 g/mol.